The fourth-order valence-electron chi connectivity index (χ4n) is 2.05. The third kappa shape index (κ3) is 1.90. The maximum absolute atomic E-state index is 3.51. The molecule has 2 N–H and O–H groups in total. The molecule has 1 heterocycles. The Morgan fingerprint density at radius 1 is 1.43 bits per heavy atom. The SMILES string of the molecule is CNCCc1cccc2c1NCCC2. The van der Waals surface area contributed by atoms with Crippen LogP contribution < -0.4 is 10.6 Å². The first-order valence-corrected chi connectivity index (χ1v) is 5.41. The predicted molar refractivity (Wildman–Crippen MR) is 60.9 cm³/mol. The number of fused-ring (bicyclic) bond motifs is 1. The van der Waals surface area contributed by atoms with Crippen molar-refractivity contribution in [1.29, 1.82) is 0 Å². The number of hydrogen-bond donors (Lipinski definition) is 2. The van der Waals surface area contributed by atoms with Crippen molar-refractivity contribution in [1.82, 2.24) is 5.32 Å². The van der Waals surface area contributed by atoms with Crippen LogP contribution in [0, 0.1) is 0 Å². The topological polar surface area (TPSA) is 24.1 Å². The van der Waals surface area contributed by atoms with Crippen LogP contribution in [0.25, 0.3) is 0 Å². The minimum Gasteiger partial charge on any atom is -0.385 e. The van der Waals surface area contributed by atoms with Crippen molar-refractivity contribution in [2.24, 2.45) is 0 Å². The fraction of sp³-hybridized carbons (Fsp3) is 0.500. The predicted octanol–water partition coefficient (Wildman–Crippen LogP) is 1.81. The normalized spacial score (nSPS) is 14.6. The highest BCUT2D eigenvalue weighted by Crippen LogP contribution is 2.25. The Balaban J connectivity index is 2.21. The lowest BCUT2D eigenvalue weighted by atomic mass is 9.98. The first kappa shape index (κ1) is 9.53. The molecule has 1 aliphatic heterocycles. The van der Waals surface area contributed by atoms with Gasteiger partial charge in [-0.2, -0.15) is 0 Å². The van der Waals surface area contributed by atoms with Crippen molar-refractivity contribution in [2.45, 2.75) is 19.3 Å². The Morgan fingerprint density at radius 2 is 2.36 bits per heavy atom. The number of para-hydroxylation sites is 1. The number of anilines is 1. The van der Waals surface area contributed by atoms with Gasteiger partial charge in [0.05, 0.1) is 0 Å². The molecule has 0 aliphatic carbocycles. The Morgan fingerprint density at radius 3 is 3.21 bits per heavy atom. The second-order valence-electron chi connectivity index (χ2n) is 3.84. The summed E-state index contributed by atoms with van der Waals surface area (Å²) >= 11 is 0. The molecule has 0 radical (unpaired) electrons. The van der Waals surface area contributed by atoms with Crippen molar-refractivity contribution < 1.29 is 0 Å². The summed E-state index contributed by atoms with van der Waals surface area (Å²) in [6.45, 7) is 2.18. The van der Waals surface area contributed by atoms with E-state index in [1.165, 1.54) is 29.7 Å². The van der Waals surface area contributed by atoms with Gasteiger partial charge in [0.25, 0.3) is 0 Å². The first-order chi connectivity index (χ1) is 6.92. The van der Waals surface area contributed by atoms with E-state index >= 15 is 0 Å². The maximum Gasteiger partial charge on any atom is 0.0405 e. The lowest BCUT2D eigenvalue weighted by Crippen LogP contribution is -2.16. The quantitative estimate of drug-likeness (QED) is 0.759. The molecule has 2 heteroatoms. The van der Waals surface area contributed by atoms with Gasteiger partial charge in [-0.3, -0.25) is 0 Å². The molecule has 2 nitrogen and oxygen atoms in total. The van der Waals surface area contributed by atoms with Crippen LogP contribution in [-0.2, 0) is 12.8 Å². The molecule has 0 amide bonds. The molecular weight excluding hydrogens is 172 g/mol. The van der Waals surface area contributed by atoms with Gasteiger partial charge >= 0.3 is 0 Å². The maximum atomic E-state index is 3.51. The smallest absolute Gasteiger partial charge is 0.0405 e. The molecule has 1 aromatic rings. The molecule has 0 saturated heterocycles. The summed E-state index contributed by atoms with van der Waals surface area (Å²) in [5.41, 5.74) is 4.34. The third-order valence-electron chi connectivity index (χ3n) is 2.81. The van der Waals surface area contributed by atoms with Crippen LogP contribution in [-0.4, -0.2) is 20.1 Å². The minimum absolute atomic E-state index is 1.05. The van der Waals surface area contributed by atoms with Gasteiger partial charge in [0, 0.05) is 12.2 Å². The van der Waals surface area contributed by atoms with Crippen LogP contribution >= 0.6 is 0 Å². The average molecular weight is 190 g/mol. The second-order valence-corrected chi connectivity index (χ2v) is 3.84. The van der Waals surface area contributed by atoms with E-state index in [2.05, 4.69) is 28.8 Å². The monoisotopic (exact) mass is 190 g/mol. The number of rotatable bonds is 3. The summed E-state index contributed by atoms with van der Waals surface area (Å²) in [4.78, 5) is 0. The van der Waals surface area contributed by atoms with Gasteiger partial charge in [0.1, 0.15) is 0 Å². The molecule has 0 aromatic heterocycles. The highest BCUT2D eigenvalue weighted by atomic mass is 14.9. The summed E-state index contributed by atoms with van der Waals surface area (Å²) in [7, 11) is 2.00. The van der Waals surface area contributed by atoms with Gasteiger partial charge < -0.3 is 10.6 Å². The third-order valence-corrected chi connectivity index (χ3v) is 2.81. The highest BCUT2D eigenvalue weighted by Gasteiger charge is 2.11. The van der Waals surface area contributed by atoms with E-state index in [4.69, 9.17) is 0 Å². The number of hydrogen-bond acceptors (Lipinski definition) is 2. The van der Waals surface area contributed by atoms with Gasteiger partial charge in [-0.05, 0) is 44.0 Å². The van der Waals surface area contributed by atoms with Gasteiger partial charge in [-0.15, -0.1) is 0 Å². The molecule has 0 fully saturated rings. The zero-order valence-corrected chi connectivity index (χ0v) is 8.77. The van der Waals surface area contributed by atoms with Crippen molar-refractivity contribution >= 4 is 5.69 Å². The molecule has 0 unspecified atom stereocenters. The van der Waals surface area contributed by atoms with E-state index in [1.807, 2.05) is 7.05 Å². The lowest BCUT2D eigenvalue weighted by molar-refractivity contribution is 0.780. The van der Waals surface area contributed by atoms with E-state index in [0.29, 0.717) is 0 Å². The Kier molecular flexibility index (Phi) is 3.04. The highest BCUT2D eigenvalue weighted by molar-refractivity contribution is 5.59. The molecule has 1 aliphatic rings. The molecule has 1 aromatic carbocycles. The zero-order chi connectivity index (χ0) is 9.80. The fourth-order valence-corrected chi connectivity index (χ4v) is 2.05. The van der Waals surface area contributed by atoms with Crippen LogP contribution in [0.5, 0.6) is 0 Å². The summed E-state index contributed by atoms with van der Waals surface area (Å²) in [5, 5.41) is 6.71. The average Bonchev–Trinajstić information content (AvgIpc) is 2.26. The van der Waals surface area contributed by atoms with Crippen LogP contribution in [0.15, 0.2) is 18.2 Å². The molecule has 0 atom stereocenters. The zero-order valence-electron chi connectivity index (χ0n) is 8.77. The van der Waals surface area contributed by atoms with Gasteiger partial charge in [-0.25, -0.2) is 0 Å². The summed E-state index contributed by atoms with van der Waals surface area (Å²) in [6.07, 6.45) is 3.62. The van der Waals surface area contributed by atoms with Crippen LogP contribution in [0.4, 0.5) is 5.69 Å². The summed E-state index contributed by atoms with van der Waals surface area (Å²) < 4.78 is 0. The molecule has 0 spiro atoms. The number of aryl methyl sites for hydroxylation is 1. The number of benzene rings is 1. The van der Waals surface area contributed by atoms with E-state index in [9.17, 15) is 0 Å². The van der Waals surface area contributed by atoms with Gasteiger partial charge in [0.2, 0.25) is 0 Å². The van der Waals surface area contributed by atoms with Crippen molar-refractivity contribution in [3.05, 3.63) is 29.3 Å². The molecular formula is C12H18N2. The van der Waals surface area contributed by atoms with Crippen molar-refractivity contribution in [3.8, 4) is 0 Å². The Labute approximate surface area is 85.7 Å². The van der Waals surface area contributed by atoms with Crippen LogP contribution in [0.1, 0.15) is 17.5 Å². The van der Waals surface area contributed by atoms with E-state index in [0.717, 1.165) is 19.5 Å². The minimum atomic E-state index is 1.05. The Bertz CT molecular complexity index is 307. The molecule has 76 valence electrons. The lowest BCUT2D eigenvalue weighted by Gasteiger charge is -2.21. The van der Waals surface area contributed by atoms with Crippen LogP contribution in [0.3, 0.4) is 0 Å². The van der Waals surface area contributed by atoms with Crippen molar-refractivity contribution in [3.63, 3.8) is 0 Å². The largest absolute Gasteiger partial charge is 0.385 e. The molecule has 2 rings (SSSR count). The molecule has 0 bridgehead atoms. The van der Waals surface area contributed by atoms with Crippen molar-refractivity contribution in [2.75, 3.05) is 25.5 Å². The van der Waals surface area contributed by atoms with E-state index < -0.39 is 0 Å². The Hall–Kier alpha value is -1.02. The standard InChI is InChI=1S/C12H18N2/c1-13-9-7-11-5-2-4-10-6-3-8-14-12(10)11/h2,4-5,13-14H,3,6-9H2,1H3. The number of nitrogens with one attached hydrogen (secondary N) is 2. The second kappa shape index (κ2) is 4.47. The molecule has 0 saturated carbocycles. The summed E-state index contributed by atoms with van der Waals surface area (Å²) in [5.74, 6) is 0. The first-order valence-electron chi connectivity index (χ1n) is 5.41. The van der Waals surface area contributed by atoms with E-state index in [1.54, 1.807) is 0 Å². The van der Waals surface area contributed by atoms with Crippen LogP contribution in [0.2, 0.25) is 0 Å². The van der Waals surface area contributed by atoms with Gasteiger partial charge in [-0.1, -0.05) is 18.2 Å². The summed E-state index contributed by atoms with van der Waals surface area (Å²) in [6, 6.07) is 6.65. The van der Waals surface area contributed by atoms with E-state index in [-0.39, 0.29) is 0 Å². The molecule has 14 heavy (non-hydrogen) atoms. The van der Waals surface area contributed by atoms with Gasteiger partial charge in [0.15, 0.2) is 0 Å². The number of likely N-dealkylation sites (N-methyl/N-ethyl adjacent to an activating group) is 1.